The van der Waals surface area contributed by atoms with E-state index in [4.69, 9.17) is 26.1 Å². The van der Waals surface area contributed by atoms with Crippen LogP contribution in [0.15, 0.2) is 54.7 Å². The molecule has 1 aromatic heterocycles. The number of anilines is 2. The van der Waals surface area contributed by atoms with Gasteiger partial charge in [0.25, 0.3) is 0 Å². The Balaban J connectivity index is 1.18. The van der Waals surface area contributed by atoms with E-state index in [-0.39, 0.29) is 30.4 Å². The molecule has 3 aromatic rings. The number of benzene rings is 2. The van der Waals surface area contributed by atoms with Crippen molar-refractivity contribution in [1.29, 1.82) is 0 Å². The summed E-state index contributed by atoms with van der Waals surface area (Å²) in [6, 6.07) is 16.0. The van der Waals surface area contributed by atoms with Gasteiger partial charge in [0, 0.05) is 30.7 Å². The standard InChI is InChI=1S/C38H48ClN5O4/c1-24(2)43-23-42(22-37(43)46)30-13-7-26(8-14-30)21-41(5)35-16-15-31(20-40-35)44-36(45)18-28-17-33(47-6)34(48-25(3)4)19-32(28)38(44)27-9-11-29(39)12-10-27/h9-12,15-17,19-20,24-26,30,38H,7-8,13-14,18,21-23H2,1-6H3. The molecule has 10 heteroatoms. The van der Waals surface area contributed by atoms with Gasteiger partial charge < -0.3 is 19.3 Å². The van der Waals surface area contributed by atoms with Gasteiger partial charge in [-0.2, -0.15) is 0 Å². The fourth-order valence-electron chi connectivity index (χ4n) is 7.53. The maximum absolute atomic E-state index is 13.9. The molecular formula is C38H48ClN5O4. The van der Waals surface area contributed by atoms with Crippen molar-refractivity contribution in [2.45, 2.75) is 84.0 Å². The summed E-state index contributed by atoms with van der Waals surface area (Å²) >= 11 is 6.28. The number of halogens is 1. The minimum absolute atomic E-state index is 0.0158. The molecule has 1 saturated heterocycles. The van der Waals surface area contributed by atoms with Gasteiger partial charge in [0.05, 0.1) is 50.8 Å². The second kappa shape index (κ2) is 14.3. The Morgan fingerprint density at radius 1 is 0.958 bits per heavy atom. The normalized spacial score (nSPS) is 21.6. The molecule has 256 valence electrons. The topological polar surface area (TPSA) is 78.5 Å². The maximum atomic E-state index is 13.9. The fraction of sp³-hybridized carbons (Fsp3) is 0.500. The van der Waals surface area contributed by atoms with Crippen LogP contribution in [0.2, 0.25) is 5.02 Å². The van der Waals surface area contributed by atoms with Gasteiger partial charge in [-0.05, 0) is 112 Å². The SMILES string of the molecule is COc1cc2c(cc1OC(C)C)C(c1ccc(Cl)cc1)N(c1ccc(N(C)CC3CCC(N4CC(=O)N(C(C)C)C4)CC3)nc1)C(=O)C2. The molecule has 1 saturated carbocycles. The summed E-state index contributed by atoms with van der Waals surface area (Å²) in [5, 5.41) is 0.637. The third-order valence-corrected chi connectivity index (χ3v) is 10.3. The Hall–Kier alpha value is -3.82. The molecule has 2 amide bonds. The maximum Gasteiger partial charge on any atom is 0.238 e. The van der Waals surface area contributed by atoms with E-state index in [1.165, 1.54) is 0 Å². The van der Waals surface area contributed by atoms with E-state index in [1.54, 1.807) is 7.11 Å². The highest BCUT2D eigenvalue weighted by Crippen LogP contribution is 2.44. The lowest BCUT2D eigenvalue weighted by Crippen LogP contribution is -2.41. The second-order valence-corrected chi connectivity index (χ2v) is 14.5. The Labute approximate surface area is 289 Å². The molecule has 48 heavy (non-hydrogen) atoms. The summed E-state index contributed by atoms with van der Waals surface area (Å²) in [5.74, 6) is 2.95. The van der Waals surface area contributed by atoms with Crippen molar-refractivity contribution in [3.8, 4) is 11.5 Å². The highest BCUT2D eigenvalue weighted by molar-refractivity contribution is 6.30. The van der Waals surface area contributed by atoms with E-state index in [0.29, 0.717) is 35.0 Å². The van der Waals surface area contributed by atoms with E-state index >= 15 is 0 Å². The summed E-state index contributed by atoms with van der Waals surface area (Å²) in [7, 11) is 3.71. The number of nitrogens with zero attached hydrogens (tertiary/aromatic N) is 5. The van der Waals surface area contributed by atoms with Gasteiger partial charge in [0.15, 0.2) is 11.5 Å². The van der Waals surface area contributed by atoms with Crippen molar-refractivity contribution in [3.63, 3.8) is 0 Å². The molecule has 3 aliphatic rings. The molecular weight excluding hydrogens is 626 g/mol. The molecule has 1 unspecified atom stereocenters. The number of rotatable bonds is 10. The number of amides is 2. The highest BCUT2D eigenvalue weighted by atomic mass is 35.5. The fourth-order valence-corrected chi connectivity index (χ4v) is 7.66. The number of hydrogen-bond acceptors (Lipinski definition) is 7. The van der Waals surface area contributed by atoms with Crippen molar-refractivity contribution in [2.24, 2.45) is 5.92 Å². The summed E-state index contributed by atoms with van der Waals surface area (Å²) in [4.78, 5) is 39.6. The molecule has 0 spiro atoms. The first-order valence-electron chi connectivity index (χ1n) is 17.2. The molecule has 1 atom stereocenters. The lowest BCUT2D eigenvalue weighted by atomic mass is 9.85. The van der Waals surface area contributed by atoms with Crippen molar-refractivity contribution >= 4 is 34.9 Å². The predicted molar refractivity (Wildman–Crippen MR) is 190 cm³/mol. The average molecular weight is 674 g/mol. The molecule has 2 aromatic carbocycles. The van der Waals surface area contributed by atoms with Gasteiger partial charge in [-0.3, -0.25) is 19.4 Å². The Morgan fingerprint density at radius 3 is 2.29 bits per heavy atom. The lowest BCUT2D eigenvalue weighted by Gasteiger charge is -2.38. The van der Waals surface area contributed by atoms with Gasteiger partial charge in [0.1, 0.15) is 5.82 Å². The van der Waals surface area contributed by atoms with E-state index in [1.807, 2.05) is 78.4 Å². The molecule has 3 heterocycles. The highest BCUT2D eigenvalue weighted by Gasteiger charge is 2.37. The molecule has 6 rings (SSSR count). The monoisotopic (exact) mass is 673 g/mol. The average Bonchev–Trinajstić information content (AvgIpc) is 3.46. The lowest BCUT2D eigenvalue weighted by molar-refractivity contribution is -0.128. The molecule has 2 fully saturated rings. The molecule has 0 N–H and O–H groups in total. The van der Waals surface area contributed by atoms with Crippen LogP contribution in [0.1, 0.15) is 76.1 Å². The van der Waals surface area contributed by atoms with E-state index < -0.39 is 6.04 Å². The minimum atomic E-state index is -0.391. The number of pyridine rings is 1. The van der Waals surface area contributed by atoms with E-state index in [2.05, 4.69) is 30.7 Å². The van der Waals surface area contributed by atoms with Gasteiger partial charge in [0.2, 0.25) is 11.8 Å². The number of carbonyl (C=O) groups is 2. The van der Waals surface area contributed by atoms with Crippen LogP contribution in [0.4, 0.5) is 11.5 Å². The first kappa shape index (κ1) is 34.1. The van der Waals surface area contributed by atoms with Crippen molar-refractivity contribution in [1.82, 2.24) is 14.8 Å². The number of methoxy groups -OCH3 is 1. The number of carbonyl (C=O) groups excluding carboxylic acids is 2. The van der Waals surface area contributed by atoms with Crippen LogP contribution >= 0.6 is 11.6 Å². The summed E-state index contributed by atoms with van der Waals surface area (Å²) in [6.07, 6.45) is 6.52. The zero-order valence-electron chi connectivity index (χ0n) is 29.0. The van der Waals surface area contributed by atoms with E-state index in [0.717, 1.165) is 67.1 Å². The first-order chi connectivity index (χ1) is 23.0. The van der Waals surface area contributed by atoms with Gasteiger partial charge in [-0.1, -0.05) is 23.7 Å². The Kier molecular flexibility index (Phi) is 10.2. The number of fused-ring (bicyclic) bond motifs is 1. The van der Waals surface area contributed by atoms with Gasteiger partial charge in [-0.25, -0.2) is 4.98 Å². The largest absolute Gasteiger partial charge is 0.493 e. The van der Waals surface area contributed by atoms with Crippen LogP contribution in [-0.2, 0) is 16.0 Å². The summed E-state index contributed by atoms with van der Waals surface area (Å²) in [6.45, 7) is 10.4. The smallest absolute Gasteiger partial charge is 0.238 e. The third-order valence-electron chi connectivity index (χ3n) is 10.0. The molecule has 9 nitrogen and oxygen atoms in total. The molecule has 0 bridgehead atoms. The zero-order valence-corrected chi connectivity index (χ0v) is 29.7. The van der Waals surface area contributed by atoms with Crippen LogP contribution in [0.25, 0.3) is 0 Å². The molecule has 1 aliphatic carbocycles. The predicted octanol–water partition coefficient (Wildman–Crippen LogP) is 6.71. The van der Waals surface area contributed by atoms with Crippen LogP contribution in [0, 0.1) is 5.92 Å². The second-order valence-electron chi connectivity index (χ2n) is 14.0. The van der Waals surface area contributed by atoms with E-state index in [9.17, 15) is 9.59 Å². The summed E-state index contributed by atoms with van der Waals surface area (Å²) in [5.41, 5.74) is 3.58. The third kappa shape index (κ3) is 7.13. The number of aromatic nitrogens is 1. The van der Waals surface area contributed by atoms with Crippen LogP contribution in [-0.4, -0.2) is 78.7 Å². The van der Waals surface area contributed by atoms with Gasteiger partial charge in [-0.15, -0.1) is 0 Å². The first-order valence-corrected chi connectivity index (χ1v) is 17.6. The molecule has 2 aliphatic heterocycles. The quantitative estimate of drug-likeness (QED) is 0.237. The van der Waals surface area contributed by atoms with Gasteiger partial charge >= 0.3 is 0 Å². The zero-order chi connectivity index (χ0) is 34.1. The summed E-state index contributed by atoms with van der Waals surface area (Å²) < 4.78 is 11.8. The van der Waals surface area contributed by atoms with Crippen LogP contribution < -0.4 is 19.3 Å². The van der Waals surface area contributed by atoms with Crippen molar-refractivity contribution in [3.05, 3.63) is 76.4 Å². The number of hydrogen-bond donors (Lipinski definition) is 0. The van der Waals surface area contributed by atoms with Crippen LogP contribution in [0.5, 0.6) is 11.5 Å². The molecule has 0 radical (unpaired) electrons. The number of ether oxygens (including phenoxy) is 2. The Morgan fingerprint density at radius 2 is 1.69 bits per heavy atom. The van der Waals surface area contributed by atoms with Crippen LogP contribution in [0.3, 0.4) is 0 Å². The van der Waals surface area contributed by atoms with Crippen molar-refractivity contribution in [2.75, 3.05) is 43.7 Å². The Bertz CT molecular complexity index is 1600. The van der Waals surface area contributed by atoms with Crippen molar-refractivity contribution < 1.29 is 19.1 Å². The minimum Gasteiger partial charge on any atom is -0.493 e.